The highest BCUT2D eigenvalue weighted by atomic mass is 16.6. The fourth-order valence-corrected chi connectivity index (χ4v) is 1.95. The maximum atomic E-state index is 12.2. The average molecular weight is 304 g/mol. The van der Waals surface area contributed by atoms with Crippen molar-refractivity contribution in [3.05, 3.63) is 50.3 Å². The summed E-state index contributed by atoms with van der Waals surface area (Å²) >= 11 is 0. The van der Waals surface area contributed by atoms with Crippen LogP contribution in [0, 0.1) is 10.1 Å². The highest BCUT2D eigenvalue weighted by Gasteiger charge is 2.17. The Hall–Kier alpha value is -2.74. The van der Waals surface area contributed by atoms with Crippen LogP contribution in [0.1, 0.15) is 24.2 Å². The number of fused-ring (bicyclic) bond motifs is 1. The molecule has 116 valence electrons. The van der Waals surface area contributed by atoms with Gasteiger partial charge in [-0.2, -0.15) is 0 Å². The van der Waals surface area contributed by atoms with Crippen LogP contribution < -0.4 is 16.6 Å². The SMILES string of the molecule is CC(C)(N)CNC(=O)c1cc(=O)[nH]c2ccc([N+](=O)[O-])cc12. The van der Waals surface area contributed by atoms with Gasteiger partial charge in [-0.25, -0.2) is 0 Å². The highest BCUT2D eigenvalue weighted by molar-refractivity contribution is 6.06. The van der Waals surface area contributed by atoms with Gasteiger partial charge in [-0.3, -0.25) is 19.7 Å². The number of benzene rings is 1. The number of amides is 1. The molecular formula is C14H16N4O4. The number of aromatic nitrogens is 1. The normalized spacial score (nSPS) is 11.4. The van der Waals surface area contributed by atoms with Gasteiger partial charge in [0.2, 0.25) is 5.56 Å². The van der Waals surface area contributed by atoms with E-state index in [2.05, 4.69) is 10.3 Å². The molecule has 0 spiro atoms. The van der Waals surface area contributed by atoms with Crippen molar-refractivity contribution in [3.8, 4) is 0 Å². The number of nitrogens with one attached hydrogen (secondary N) is 2. The molecular weight excluding hydrogens is 288 g/mol. The molecule has 1 amide bonds. The van der Waals surface area contributed by atoms with E-state index in [1.165, 1.54) is 18.2 Å². The predicted molar refractivity (Wildman–Crippen MR) is 81.8 cm³/mol. The second kappa shape index (κ2) is 5.57. The summed E-state index contributed by atoms with van der Waals surface area (Å²) in [5.41, 5.74) is 5.00. The standard InChI is InChI=1S/C14H16N4O4/c1-14(2,15)7-16-13(20)10-6-12(19)17-11-4-3-8(18(21)22)5-9(10)11/h3-6H,7,15H2,1-2H3,(H,16,20)(H,17,19). The van der Waals surface area contributed by atoms with Crippen molar-refractivity contribution < 1.29 is 9.72 Å². The number of pyridine rings is 1. The first-order chi connectivity index (χ1) is 10.2. The number of carbonyl (C=O) groups is 1. The Morgan fingerprint density at radius 1 is 1.41 bits per heavy atom. The molecule has 0 aliphatic heterocycles. The molecule has 8 heteroatoms. The van der Waals surface area contributed by atoms with Crippen molar-refractivity contribution in [1.82, 2.24) is 10.3 Å². The first-order valence-electron chi connectivity index (χ1n) is 6.56. The van der Waals surface area contributed by atoms with Gasteiger partial charge in [-0.15, -0.1) is 0 Å². The topological polar surface area (TPSA) is 131 Å². The molecule has 0 aliphatic rings. The summed E-state index contributed by atoms with van der Waals surface area (Å²) in [7, 11) is 0. The van der Waals surface area contributed by atoms with Crippen molar-refractivity contribution in [2.24, 2.45) is 5.73 Å². The van der Waals surface area contributed by atoms with Gasteiger partial charge in [0, 0.05) is 41.2 Å². The van der Waals surface area contributed by atoms with E-state index in [0.29, 0.717) is 10.9 Å². The molecule has 22 heavy (non-hydrogen) atoms. The quantitative estimate of drug-likeness (QED) is 0.570. The first-order valence-corrected chi connectivity index (χ1v) is 6.56. The van der Waals surface area contributed by atoms with Crippen molar-refractivity contribution in [1.29, 1.82) is 0 Å². The zero-order chi connectivity index (χ0) is 16.5. The third-order valence-electron chi connectivity index (χ3n) is 2.99. The molecule has 0 radical (unpaired) electrons. The molecule has 0 fully saturated rings. The Morgan fingerprint density at radius 3 is 2.68 bits per heavy atom. The molecule has 0 aliphatic carbocycles. The van der Waals surface area contributed by atoms with E-state index in [9.17, 15) is 19.7 Å². The summed E-state index contributed by atoms with van der Waals surface area (Å²) in [6, 6.07) is 5.04. The lowest BCUT2D eigenvalue weighted by Crippen LogP contribution is -2.45. The number of H-pyrrole nitrogens is 1. The number of carbonyl (C=O) groups excluding carboxylic acids is 1. The van der Waals surface area contributed by atoms with Crippen LogP contribution in [0.4, 0.5) is 5.69 Å². The molecule has 0 unspecified atom stereocenters. The number of aromatic amines is 1. The summed E-state index contributed by atoms with van der Waals surface area (Å²) in [5.74, 6) is -0.505. The number of hydrogen-bond acceptors (Lipinski definition) is 5. The Labute approximate surface area is 125 Å². The van der Waals surface area contributed by atoms with Gasteiger partial charge in [0.1, 0.15) is 0 Å². The Bertz CT molecular complexity index is 805. The summed E-state index contributed by atoms with van der Waals surface area (Å²) in [4.78, 5) is 36.7. The highest BCUT2D eigenvalue weighted by Crippen LogP contribution is 2.21. The van der Waals surface area contributed by atoms with E-state index in [0.717, 1.165) is 6.07 Å². The van der Waals surface area contributed by atoms with Crippen LogP contribution >= 0.6 is 0 Å². The predicted octanol–water partition coefficient (Wildman–Crippen LogP) is 0.903. The maximum Gasteiger partial charge on any atom is 0.270 e. The molecule has 2 rings (SSSR count). The molecule has 8 nitrogen and oxygen atoms in total. The van der Waals surface area contributed by atoms with Crippen LogP contribution in [0.2, 0.25) is 0 Å². The molecule has 1 heterocycles. The second-order valence-electron chi connectivity index (χ2n) is 5.71. The van der Waals surface area contributed by atoms with Gasteiger partial charge < -0.3 is 16.0 Å². The van der Waals surface area contributed by atoms with E-state index in [1.54, 1.807) is 13.8 Å². The summed E-state index contributed by atoms with van der Waals surface area (Å²) in [5, 5.41) is 13.8. The van der Waals surface area contributed by atoms with Crippen LogP contribution in [0.5, 0.6) is 0 Å². The number of nitro groups is 1. The first kappa shape index (κ1) is 15.6. The largest absolute Gasteiger partial charge is 0.350 e. The zero-order valence-electron chi connectivity index (χ0n) is 12.2. The molecule has 0 saturated heterocycles. The maximum absolute atomic E-state index is 12.2. The molecule has 2 aromatic rings. The van der Waals surface area contributed by atoms with E-state index in [4.69, 9.17) is 5.73 Å². The van der Waals surface area contributed by atoms with Crippen molar-refractivity contribution in [2.45, 2.75) is 19.4 Å². The molecule has 0 saturated carbocycles. The molecule has 0 atom stereocenters. The fraction of sp³-hybridized carbons (Fsp3) is 0.286. The van der Waals surface area contributed by atoms with Crippen LogP contribution in [-0.4, -0.2) is 27.9 Å². The van der Waals surface area contributed by atoms with Crippen LogP contribution in [0.3, 0.4) is 0 Å². The number of non-ortho nitro benzene ring substituents is 1. The monoisotopic (exact) mass is 304 g/mol. The minimum absolute atomic E-state index is 0.0756. The number of hydrogen-bond donors (Lipinski definition) is 3. The lowest BCUT2D eigenvalue weighted by atomic mass is 10.1. The van der Waals surface area contributed by atoms with Crippen molar-refractivity contribution in [2.75, 3.05) is 6.54 Å². The van der Waals surface area contributed by atoms with Gasteiger partial charge >= 0.3 is 0 Å². The minimum atomic E-state index is -0.612. The Morgan fingerprint density at radius 2 is 2.09 bits per heavy atom. The van der Waals surface area contributed by atoms with Gasteiger partial charge in [0.15, 0.2) is 0 Å². The molecule has 4 N–H and O–H groups in total. The summed E-state index contributed by atoms with van der Waals surface area (Å²) in [6.45, 7) is 3.69. The third-order valence-corrected chi connectivity index (χ3v) is 2.99. The zero-order valence-corrected chi connectivity index (χ0v) is 12.2. The van der Waals surface area contributed by atoms with Crippen LogP contribution in [0.25, 0.3) is 10.9 Å². The van der Waals surface area contributed by atoms with Crippen molar-refractivity contribution >= 4 is 22.5 Å². The number of nitro benzene ring substituents is 1. The van der Waals surface area contributed by atoms with Gasteiger partial charge in [-0.1, -0.05) is 0 Å². The molecule has 1 aromatic carbocycles. The fourth-order valence-electron chi connectivity index (χ4n) is 1.95. The van der Waals surface area contributed by atoms with Crippen molar-refractivity contribution in [3.63, 3.8) is 0 Å². The van der Waals surface area contributed by atoms with Crippen LogP contribution in [0.15, 0.2) is 29.1 Å². The average Bonchev–Trinajstić information content (AvgIpc) is 2.42. The van der Waals surface area contributed by atoms with Gasteiger partial charge in [0.25, 0.3) is 11.6 Å². The lowest BCUT2D eigenvalue weighted by Gasteiger charge is -2.19. The third kappa shape index (κ3) is 3.47. The van der Waals surface area contributed by atoms with E-state index in [1.807, 2.05) is 0 Å². The van der Waals surface area contributed by atoms with E-state index in [-0.39, 0.29) is 17.8 Å². The second-order valence-corrected chi connectivity index (χ2v) is 5.71. The van der Waals surface area contributed by atoms with E-state index >= 15 is 0 Å². The molecule has 0 bridgehead atoms. The van der Waals surface area contributed by atoms with Crippen LogP contribution in [-0.2, 0) is 0 Å². The van der Waals surface area contributed by atoms with E-state index < -0.39 is 21.9 Å². The number of rotatable bonds is 4. The minimum Gasteiger partial charge on any atom is -0.350 e. The summed E-state index contributed by atoms with van der Waals surface area (Å²) in [6.07, 6.45) is 0. The smallest absolute Gasteiger partial charge is 0.270 e. The molecule has 1 aromatic heterocycles. The number of nitrogens with two attached hydrogens (primary N) is 1. The Kier molecular flexibility index (Phi) is 3.96. The number of nitrogens with zero attached hydrogens (tertiary/aromatic N) is 1. The van der Waals surface area contributed by atoms with Gasteiger partial charge in [0.05, 0.1) is 10.5 Å². The lowest BCUT2D eigenvalue weighted by molar-refractivity contribution is -0.384. The summed E-state index contributed by atoms with van der Waals surface area (Å²) < 4.78 is 0. The van der Waals surface area contributed by atoms with Gasteiger partial charge in [-0.05, 0) is 19.9 Å². The Balaban J connectivity index is 2.51.